The van der Waals surface area contributed by atoms with Gasteiger partial charge in [-0.25, -0.2) is 4.98 Å². The lowest BCUT2D eigenvalue weighted by Gasteiger charge is -2.10. The minimum absolute atomic E-state index is 0.161. The van der Waals surface area contributed by atoms with Crippen LogP contribution in [0.15, 0.2) is 0 Å². The van der Waals surface area contributed by atoms with E-state index in [1.165, 1.54) is 4.88 Å². The molecule has 2 aliphatic heterocycles. The summed E-state index contributed by atoms with van der Waals surface area (Å²) in [7, 11) is 0. The fourth-order valence-electron chi connectivity index (χ4n) is 1.98. The molecular weight excluding hydrogens is 292 g/mol. The van der Waals surface area contributed by atoms with E-state index in [-0.39, 0.29) is 10.7 Å². The highest BCUT2D eigenvalue weighted by atomic mass is 79.9. The van der Waals surface area contributed by atoms with E-state index in [0.717, 1.165) is 30.4 Å². The summed E-state index contributed by atoms with van der Waals surface area (Å²) in [5.74, 6) is 0.161. The molecule has 1 aromatic heterocycles. The van der Waals surface area contributed by atoms with E-state index in [1.54, 1.807) is 16.2 Å². The normalized spacial score (nSPS) is 24.9. The molecule has 1 saturated heterocycles. The molecule has 1 unspecified atom stereocenters. The van der Waals surface area contributed by atoms with Gasteiger partial charge in [0.1, 0.15) is 0 Å². The average molecular weight is 303 g/mol. The van der Waals surface area contributed by atoms with Crippen LogP contribution >= 0.6 is 27.3 Å². The van der Waals surface area contributed by atoms with Gasteiger partial charge < -0.3 is 4.74 Å². The van der Waals surface area contributed by atoms with Crippen LogP contribution in [0.25, 0.3) is 0 Å². The summed E-state index contributed by atoms with van der Waals surface area (Å²) in [6.45, 7) is 2.12. The van der Waals surface area contributed by atoms with Crippen molar-refractivity contribution in [1.29, 1.82) is 0 Å². The Morgan fingerprint density at radius 2 is 2.44 bits per heavy atom. The van der Waals surface area contributed by atoms with Gasteiger partial charge in [0, 0.05) is 24.2 Å². The standard InChI is InChI=1S/C10H11BrN2O2S/c11-6-3-9(14)13(4-6)10-12-7-1-2-15-5-8(7)16-10/h6H,1-5H2. The van der Waals surface area contributed by atoms with Crippen molar-refractivity contribution < 1.29 is 9.53 Å². The first-order chi connectivity index (χ1) is 7.74. The number of hydrogen-bond acceptors (Lipinski definition) is 4. The molecule has 1 amide bonds. The molecule has 1 aromatic rings. The van der Waals surface area contributed by atoms with E-state index >= 15 is 0 Å². The molecule has 1 fully saturated rings. The third kappa shape index (κ3) is 1.78. The fraction of sp³-hybridized carbons (Fsp3) is 0.600. The summed E-state index contributed by atoms with van der Waals surface area (Å²) in [5, 5.41) is 0.836. The second kappa shape index (κ2) is 4.09. The lowest BCUT2D eigenvalue weighted by atomic mass is 10.2. The number of fused-ring (bicyclic) bond motifs is 1. The molecule has 3 rings (SSSR count). The third-order valence-electron chi connectivity index (χ3n) is 2.79. The van der Waals surface area contributed by atoms with Crippen LogP contribution in [0.5, 0.6) is 0 Å². The largest absolute Gasteiger partial charge is 0.375 e. The lowest BCUT2D eigenvalue weighted by molar-refractivity contribution is -0.117. The van der Waals surface area contributed by atoms with Crippen LogP contribution in [-0.4, -0.2) is 28.9 Å². The molecule has 1 atom stereocenters. The highest BCUT2D eigenvalue weighted by molar-refractivity contribution is 9.09. The Bertz CT molecular complexity index is 411. The predicted octanol–water partition coefficient (Wildman–Crippen LogP) is 1.72. The SMILES string of the molecule is O=C1CC(Br)CN1c1nc2c(s1)COCC2. The maximum atomic E-state index is 11.7. The van der Waals surface area contributed by atoms with Crippen LogP contribution in [0.2, 0.25) is 0 Å². The minimum Gasteiger partial charge on any atom is -0.375 e. The van der Waals surface area contributed by atoms with E-state index in [0.29, 0.717) is 13.0 Å². The number of hydrogen-bond donors (Lipinski definition) is 0. The zero-order valence-electron chi connectivity index (χ0n) is 8.61. The number of ether oxygens (including phenoxy) is 1. The zero-order chi connectivity index (χ0) is 11.1. The quantitative estimate of drug-likeness (QED) is 0.742. The van der Waals surface area contributed by atoms with Crippen LogP contribution in [0.3, 0.4) is 0 Å². The third-order valence-corrected chi connectivity index (χ3v) is 4.50. The molecule has 16 heavy (non-hydrogen) atoms. The van der Waals surface area contributed by atoms with Crippen molar-refractivity contribution >= 4 is 38.3 Å². The highest BCUT2D eigenvalue weighted by Gasteiger charge is 2.31. The van der Waals surface area contributed by atoms with E-state index in [9.17, 15) is 4.79 Å². The van der Waals surface area contributed by atoms with E-state index in [1.807, 2.05) is 0 Å². The smallest absolute Gasteiger partial charge is 0.230 e. The number of anilines is 1. The molecule has 0 aliphatic carbocycles. The molecule has 0 aromatic carbocycles. The summed E-state index contributed by atoms with van der Waals surface area (Å²) >= 11 is 5.06. The number of amides is 1. The monoisotopic (exact) mass is 302 g/mol. The second-order valence-corrected chi connectivity index (χ2v) is 6.33. The number of halogens is 1. The first kappa shape index (κ1) is 10.7. The van der Waals surface area contributed by atoms with Crippen LogP contribution < -0.4 is 4.90 Å². The molecule has 0 radical (unpaired) electrons. The van der Waals surface area contributed by atoms with Gasteiger partial charge in [0.15, 0.2) is 5.13 Å². The van der Waals surface area contributed by atoms with Crippen molar-refractivity contribution in [3.8, 4) is 0 Å². The second-order valence-electron chi connectivity index (χ2n) is 3.97. The number of rotatable bonds is 1. The number of carbonyl (C=O) groups is 1. The molecule has 0 N–H and O–H groups in total. The predicted molar refractivity (Wildman–Crippen MR) is 65.2 cm³/mol. The molecule has 2 aliphatic rings. The van der Waals surface area contributed by atoms with Crippen molar-refractivity contribution in [1.82, 2.24) is 4.98 Å². The van der Waals surface area contributed by atoms with Crippen molar-refractivity contribution in [2.45, 2.75) is 24.3 Å². The van der Waals surface area contributed by atoms with Gasteiger partial charge in [0.25, 0.3) is 0 Å². The fourth-order valence-corrected chi connectivity index (χ4v) is 3.61. The Morgan fingerprint density at radius 1 is 1.56 bits per heavy atom. The summed E-state index contributed by atoms with van der Waals surface area (Å²) in [5.41, 5.74) is 1.11. The molecule has 4 nitrogen and oxygen atoms in total. The minimum atomic E-state index is 0.161. The molecule has 6 heteroatoms. The van der Waals surface area contributed by atoms with Crippen LogP contribution in [0, 0.1) is 0 Å². The summed E-state index contributed by atoms with van der Waals surface area (Å²) < 4.78 is 5.38. The maximum Gasteiger partial charge on any atom is 0.230 e. The Hall–Kier alpha value is -0.460. The number of carbonyl (C=O) groups excluding carboxylic acids is 1. The van der Waals surface area contributed by atoms with Crippen LogP contribution in [-0.2, 0) is 22.6 Å². The Kier molecular flexibility index (Phi) is 2.73. The summed E-state index contributed by atoms with van der Waals surface area (Å²) in [6.07, 6.45) is 1.44. The van der Waals surface area contributed by atoms with Crippen LogP contribution in [0.1, 0.15) is 17.0 Å². The Morgan fingerprint density at radius 3 is 3.12 bits per heavy atom. The van der Waals surface area contributed by atoms with Gasteiger partial charge in [-0.2, -0.15) is 0 Å². The molecule has 0 saturated carbocycles. The zero-order valence-corrected chi connectivity index (χ0v) is 11.0. The van der Waals surface area contributed by atoms with E-state index in [4.69, 9.17) is 4.74 Å². The lowest BCUT2D eigenvalue weighted by Crippen LogP contribution is -2.24. The number of aromatic nitrogens is 1. The van der Waals surface area contributed by atoms with Gasteiger partial charge in [-0.3, -0.25) is 9.69 Å². The van der Waals surface area contributed by atoms with Gasteiger partial charge in [0.05, 0.1) is 23.8 Å². The van der Waals surface area contributed by atoms with Crippen molar-refractivity contribution in [3.63, 3.8) is 0 Å². The molecule has 0 spiro atoms. The van der Waals surface area contributed by atoms with Gasteiger partial charge in [-0.15, -0.1) is 0 Å². The van der Waals surface area contributed by atoms with Gasteiger partial charge in [-0.05, 0) is 0 Å². The molecular formula is C10H11BrN2O2S. The number of nitrogens with zero attached hydrogens (tertiary/aromatic N) is 2. The van der Waals surface area contributed by atoms with Gasteiger partial charge in [-0.1, -0.05) is 27.3 Å². The van der Waals surface area contributed by atoms with Crippen molar-refractivity contribution in [3.05, 3.63) is 10.6 Å². The van der Waals surface area contributed by atoms with Gasteiger partial charge >= 0.3 is 0 Å². The average Bonchev–Trinajstić information content (AvgIpc) is 2.81. The number of thiazole rings is 1. The van der Waals surface area contributed by atoms with Crippen LogP contribution in [0.4, 0.5) is 5.13 Å². The molecule has 3 heterocycles. The van der Waals surface area contributed by atoms with Gasteiger partial charge in [0.2, 0.25) is 5.91 Å². The van der Waals surface area contributed by atoms with E-state index < -0.39 is 0 Å². The topological polar surface area (TPSA) is 42.4 Å². The van der Waals surface area contributed by atoms with Crippen molar-refractivity contribution in [2.75, 3.05) is 18.1 Å². The highest BCUT2D eigenvalue weighted by Crippen LogP contribution is 2.33. The molecule has 0 bridgehead atoms. The maximum absolute atomic E-state index is 11.7. The van der Waals surface area contributed by atoms with Crippen molar-refractivity contribution in [2.24, 2.45) is 0 Å². The first-order valence-corrected chi connectivity index (χ1v) is 6.98. The van der Waals surface area contributed by atoms with E-state index in [2.05, 4.69) is 20.9 Å². The first-order valence-electron chi connectivity index (χ1n) is 5.25. The Balaban J connectivity index is 1.89. The molecule has 86 valence electrons. The summed E-state index contributed by atoms with van der Waals surface area (Å²) in [4.78, 5) is 19.5. The number of alkyl halides is 1. The summed E-state index contributed by atoms with van der Waals surface area (Å²) in [6, 6.07) is 0. The Labute approximate surface area is 106 Å².